The zero-order chi connectivity index (χ0) is 13.0. The molecule has 0 saturated heterocycles. The number of thiocarbonyl (C=S) groups is 1. The standard InChI is InChI=1S/C14H21NOS/c1-9(2)7-11(4)16-13-6-5-10(3)8-12(13)14(15)17/h5-6,8-9,11H,7H2,1-4H3,(H2,15,17). The highest BCUT2D eigenvalue weighted by molar-refractivity contribution is 7.80. The maximum absolute atomic E-state index is 5.91. The molecule has 94 valence electrons. The van der Waals surface area contributed by atoms with Gasteiger partial charge in [0.05, 0.1) is 11.7 Å². The number of benzene rings is 1. The lowest BCUT2D eigenvalue weighted by molar-refractivity contribution is 0.193. The van der Waals surface area contributed by atoms with Crippen molar-refractivity contribution in [2.24, 2.45) is 11.7 Å². The summed E-state index contributed by atoms with van der Waals surface area (Å²) in [7, 11) is 0. The molecule has 2 N–H and O–H groups in total. The lowest BCUT2D eigenvalue weighted by Gasteiger charge is -2.19. The molecule has 0 aromatic heterocycles. The number of rotatable bonds is 5. The van der Waals surface area contributed by atoms with Gasteiger partial charge in [0.2, 0.25) is 0 Å². The lowest BCUT2D eigenvalue weighted by atomic mass is 10.1. The highest BCUT2D eigenvalue weighted by atomic mass is 32.1. The molecule has 1 aromatic rings. The van der Waals surface area contributed by atoms with Gasteiger partial charge in [0.25, 0.3) is 0 Å². The summed E-state index contributed by atoms with van der Waals surface area (Å²) in [5, 5.41) is 0. The molecule has 1 atom stereocenters. The largest absolute Gasteiger partial charge is 0.490 e. The third kappa shape index (κ3) is 4.35. The number of ether oxygens (including phenoxy) is 1. The predicted octanol–water partition coefficient (Wildman–Crippen LogP) is 3.44. The fourth-order valence-electron chi connectivity index (χ4n) is 1.87. The number of nitrogens with two attached hydrogens (primary N) is 1. The van der Waals surface area contributed by atoms with E-state index >= 15 is 0 Å². The van der Waals surface area contributed by atoms with Gasteiger partial charge >= 0.3 is 0 Å². The molecule has 0 fully saturated rings. The van der Waals surface area contributed by atoms with Gasteiger partial charge in [0, 0.05) is 0 Å². The molecular weight excluding hydrogens is 230 g/mol. The maximum Gasteiger partial charge on any atom is 0.129 e. The third-order valence-corrected chi connectivity index (χ3v) is 2.75. The predicted molar refractivity (Wildman–Crippen MR) is 76.6 cm³/mol. The second kappa shape index (κ2) is 6.01. The molecule has 0 aliphatic carbocycles. The fraction of sp³-hybridized carbons (Fsp3) is 0.500. The van der Waals surface area contributed by atoms with Crippen molar-refractivity contribution in [1.29, 1.82) is 0 Å². The van der Waals surface area contributed by atoms with Crippen molar-refractivity contribution in [2.75, 3.05) is 0 Å². The summed E-state index contributed by atoms with van der Waals surface area (Å²) in [4.78, 5) is 0.389. The first-order valence-electron chi connectivity index (χ1n) is 5.97. The molecule has 0 spiro atoms. The first-order chi connectivity index (χ1) is 7.90. The Morgan fingerprint density at radius 3 is 2.53 bits per heavy atom. The van der Waals surface area contributed by atoms with Gasteiger partial charge in [-0.25, -0.2) is 0 Å². The van der Waals surface area contributed by atoms with Crippen molar-refractivity contribution in [1.82, 2.24) is 0 Å². The summed E-state index contributed by atoms with van der Waals surface area (Å²) in [6.07, 6.45) is 1.19. The zero-order valence-corrected chi connectivity index (χ0v) is 11.8. The topological polar surface area (TPSA) is 35.2 Å². The van der Waals surface area contributed by atoms with Crippen LogP contribution >= 0.6 is 12.2 Å². The van der Waals surface area contributed by atoms with E-state index in [1.807, 2.05) is 25.1 Å². The molecule has 3 heteroatoms. The Balaban J connectivity index is 2.86. The van der Waals surface area contributed by atoms with E-state index in [4.69, 9.17) is 22.7 Å². The van der Waals surface area contributed by atoms with Gasteiger partial charge in [-0.3, -0.25) is 0 Å². The Bertz CT molecular complexity index is 401. The van der Waals surface area contributed by atoms with Gasteiger partial charge in [0.15, 0.2) is 0 Å². The minimum atomic E-state index is 0.172. The van der Waals surface area contributed by atoms with E-state index in [9.17, 15) is 0 Å². The average Bonchev–Trinajstić information content (AvgIpc) is 2.19. The number of hydrogen-bond donors (Lipinski definition) is 1. The highest BCUT2D eigenvalue weighted by Crippen LogP contribution is 2.22. The number of aryl methyl sites for hydroxylation is 1. The Labute approximate surface area is 109 Å². The van der Waals surface area contributed by atoms with Crippen LogP contribution in [0.3, 0.4) is 0 Å². The molecule has 0 aliphatic heterocycles. The smallest absolute Gasteiger partial charge is 0.129 e. The molecule has 0 saturated carbocycles. The van der Waals surface area contributed by atoms with Crippen molar-refractivity contribution in [3.8, 4) is 5.75 Å². The van der Waals surface area contributed by atoms with E-state index < -0.39 is 0 Å². The van der Waals surface area contributed by atoms with Crippen LogP contribution in [0.1, 0.15) is 38.3 Å². The van der Waals surface area contributed by atoms with E-state index in [0.717, 1.165) is 23.3 Å². The summed E-state index contributed by atoms with van der Waals surface area (Å²) < 4.78 is 5.91. The van der Waals surface area contributed by atoms with Gasteiger partial charge in [-0.2, -0.15) is 0 Å². The van der Waals surface area contributed by atoms with Crippen LogP contribution in [0, 0.1) is 12.8 Å². The highest BCUT2D eigenvalue weighted by Gasteiger charge is 2.11. The van der Waals surface area contributed by atoms with Crippen molar-refractivity contribution >= 4 is 17.2 Å². The first-order valence-corrected chi connectivity index (χ1v) is 6.38. The van der Waals surface area contributed by atoms with Gasteiger partial charge in [0.1, 0.15) is 10.7 Å². The first kappa shape index (κ1) is 14.0. The molecular formula is C14H21NOS. The van der Waals surface area contributed by atoms with E-state index in [2.05, 4.69) is 20.8 Å². The van der Waals surface area contributed by atoms with Crippen molar-refractivity contribution in [3.05, 3.63) is 29.3 Å². The van der Waals surface area contributed by atoms with Crippen LogP contribution in [-0.4, -0.2) is 11.1 Å². The molecule has 1 unspecified atom stereocenters. The Kier molecular flexibility index (Phi) is 4.94. The van der Waals surface area contributed by atoms with Crippen LogP contribution in [0.25, 0.3) is 0 Å². The lowest BCUT2D eigenvalue weighted by Crippen LogP contribution is -2.18. The van der Waals surface area contributed by atoms with E-state index in [1.54, 1.807) is 0 Å². The summed E-state index contributed by atoms with van der Waals surface area (Å²) >= 11 is 5.05. The minimum absolute atomic E-state index is 0.172. The van der Waals surface area contributed by atoms with E-state index in [0.29, 0.717) is 10.9 Å². The maximum atomic E-state index is 5.91. The van der Waals surface area contributed by atoms with Gasteiger partial charge < -0.3 is 10.5 Å². The van der Waals surface area contributed by atoms with Crippen LogP contribution in [0.2, 0.25) is 0 Å². The van der Waals surface area contributed by atoms with Gasteiger partial charge in [-0.1, -0.05) is 37.7 Å². The molecule has 0 heterocycles. The molecule has 1 rings (SSSR count). The second-order valence-electron chi connectivity index (χ2n) is 4.92. The Morgan fingerprint density at radius 1 is 1.35 bits per heavy atom. The SMILES string of the molecule is Cc1ccc(OC(C)CC(C)C)c(C(N)=S)c1. The average molecular weight is 251 g/mol. The molecule has 2 nitrogen and oxygen atoms in total. The van der Waals surface area contributed by atoms with Crippen LogP contribution in [0.5, 0.6) is 5.75 Å². The zero-order valence-electron chi connectivity index (χ0n) is 11.0. The van der Waals surface area contributed by atoms with Crippen LogP contribution in [0.15, 0.2) is 18.2 Å². The van der Waals surface area contributed by atoms with E-state index in [1.165, 1.54) is 0 Å². The summed E-state index contributed by atoms with van der Waals surface area (Å²) in [6.45, 7) is 8.46. The fourth-order valence-corrected chi connectivity index (χ4v) is 2.03. The molecule has 0 amide bonds. The van der Waals surface area contributed by atoms with Gasteiger partial charge in [-0.15, -0.1) is 0 Å². The molecule has 0 bridgehead atoms. The monoisotopic (exact) mass is 251 g/mol. The second-order valence-corrected chi connectivity index (χ2v) is 5.36. The summed E-state index contributed by atoms with van der Waals surface area (Å²) in [5.74, 6) is 1.40. The quantitative estimate of drug-likeness (QED) is 0.814. The van der Waals surface area contributed by atoms with Crippen molar-refractivity contribution in [3.63, 3.8) is 0 Å². The molecule has 17 heavy (non-hydrogen) atoms. The molecule has 1 aromatic carbocycles. The normalized spacial score (nSPS) is 12.5. The Morgan fingerprint density at radius 2 is 2.00 bits per heavy atom. The van der Waals surface area contributed by atoms with Crippen LogP contribution in [0.4, 0.5) is 0 Å². The van der Waals surface area contributed by atoms with Crippen molar-refractivity contribution < 1.29 is 4.74 Å². The summed E-state index contributed by atoms with van der Waals surface area (Å²) in [5.41, 5.74) is 7.68. The molecule has 0 aliphatic rings. The van der Waals surface area contributed by atoms with E-state index in [-0.39, 0.29) is 6.10 Å². The van der Waals surface area contributed by atoms with Crippen LogP contribution in [-0.2, 0) is 0 Å². The van der Waals surface area contributed by atoms with Gasteiger partial charge in [-0.05, 0) is 38.3 Å². The van der Waals surface area contributed by atoms with Crippen molar-refractivity contribution in [2.45, 2.75) is 40.2 Å². The third-order valence-electron chi connectivity index (χ3n) is 2.53. The minimum Gasteiger partial charge on any atom is -0.490 e. The molecule has 0 radical (unpaired) electrons. The Hall–Kier alpha value is -1.09. The van der Waals surface area contributed by atoms with Crippen LogP contribution < -0.4 is 10.5 Å². The summed E-state index contributed by atoms with van der Waals surface area (Å²) in [6, 6.07) is 5.93. The number of hydrogen-bond acceptors (Lipinski definition) is 2.